The minimum absolute atomic E-state index is 0.0585. The summed E-state index contributed by atoms with van der Waals surface area (Å²) >= 11 is 0. The molecule has 14 heavy (non-hydrogen) atoms. The number of allylic oxidation sites excluding steroid dienone is 5. The average Bonchev–Trinajstić information content (AvgIpc) is 2.50. The average molecular weight is 187 g/mol. The third-order valence-corrected chi connectivity index (χ3v) is 1.88. The molecule has 0 atom stereocenters. The second-order valence-electron chi connectivity index (χ2n) is 2.81. The van der Waals surface area contributed by atoms with Gasteiger partial charge in [0.05, 0.1) is 0 Å². The zero-order valence-electron chi connectivity index (χ0n) is 8.23. The van der Waals surface area contributed by atoms with Crippen LogP contribution in [0, 0.1) is 0 Å². The van der Waals surface area contributed by atoms with Crippen molar-refractivity contribution in [3.05, 3.63) is 61.0 Å². The predicted molar refractivity (Wildman–Crippen MR) is 58.2 cm³/mol. The molecule has 2 heteroatoms. The van der Waals surface area contributed by atoms with Crippen LogP contribution in [-0.4, -0.2) is 10.8 Å². The maximum absolute atomic E-state index is 11.4. The maximum Gasteiger partial charge on any atom is 0.255 e. The Morgan fingerprint density at radius 2 is 2.21 bits per heavy atom. The molecule has 1 amide bonds. The zero-order valence-corrected chi connectivity index (χ0v) is 8.23. The quantitative estimate of drug-likeness (QED) is 0.622. The minimum Gasteiger partial charge on any atom is -0.278 e. The van der Waals surface area contributed by atoms with Gasteiger partial charge in [0, 0.05) is 17.5 Å². The fraction of sp³-hybridized carbons (Fsp3) is 0.0833. The molecular weight excluding hydrogens is 174 g/mol. The summed E-state index contributed by atoms with van der Waals surface area (Å²) in [6.07, 6.45) is 10.3. The van der Waals surface area contributed by atoms with Crippen LogP contribution in [0.1, 0.15) is 6.92 Å². The van der Waals surface area contributed by atoms with E-state index in [1.54, 1.807) is 23.1 Å². The molecule has 1 aliphatic heterocycles. The van der Waals surface area contributed by atoms with Gasteiger partial charge >= 0.3 is 0 Å². The first kappa shape index (κ1) is 10.3. The van der Waals surface area contributed by atoms with E-state index < -0.39 is 0 Å². The molecule has 0 N–H and O–H groups in total. The van der Waals surface area contributed by atoms with Gasteiger partial charge in [-0.3, -0.25) is 9.69 Å². The van der Waals surface area contributed by atoms with Gasteiger partial charge in [-0.05, 0) is 19.1 Å². The minimum atomic E-state index is -0.0585. The van der Waals surface area contributed by atoms with Crippen LogP contribution in [0.5, 0.6) is 0 Å². The van der Waals surface area contributed by atoms with Crippen molar-refractivity contribution < 1.29 is 4.79 Å². The topological polar surface area (TPSA) is 20.3 Å². The highest BCUT2D eigenvalue weighted by atomic mass is 16.2. The number of hydrogen-bond acceptors (Lipinski definition) is 1. The van der Waals surface area contributed by atoms with E-state index in [4.69, 9.17) is 0 Å². The van der Waals surface area contributed by atoms with Crippen molar-refractivity contribution in [1.82, 2.24) is 4.90 Å². The third kappa shape index (κ3) is 1.91. The van der Waals surface area contributed by atoms with E-state index in [9.17, 15) is 4.79 Å². The normalized spacial score (nSPS) is 17.2. The van der Waals surface area contributed by atoms with Crippen molar-refractivity contribution in [3.8, 4) is 0 Å². The molecule has 0 aromatic heterocycles. The molecule has 0 aromatic carbocycles. The van der Waals surface area contributed by atoms with Gasteiger partial charge in [-0.15, -0.1) is 0 Å². The number of nitrogens with zero attached hydrogens (tertiary/aromatic N) is 1. The van der Waals surface area contributed by atoms with Crippen LogP contribution in [0.3, 0.4) is 0 Å². The van der Waals surface area contributed by atoms with Crippen LogP contribution >= 0.6 is 0 Å². The standard InChI is InChI=1S/C12H13NO/c1-4-6-7-11(5-2)13-10(3)8-9-12(13)14/h4-9H,1,3H2,2H3/b7-6-,11-5+. The van der Waals surface area contributed by atoms with E-state index in [0.29, 0.717) is 5.70 Å². The van der Waals surface area contributed by atoms with Crippen LogP contribution in [-0.2, 0) is 4.79 Å². The molecular formula is C12H13NO. The highest BCUT2D eigenvalue weighted by molar-refractivity contribution is 5.94. The molecule has 1 heterocycles. The number of carbonyl (C=O) groups is 1. The molecule has 0 unspecified atom stereocenters. The van der Waals surface area contributed by atoms with Crippen LogP contribution in [0.15, 0.2) is 61.0 Å². The first-order valence-electron chi connectivity index (χ1n) is 4.37. The van der Waals surface area contributed by atoms with E-state index in [1.165, 1.54) is 6.08 Å². The highest BCUT2D eigenvalue weighted by Crippen LogP contribution is 2.20. The number of carbonyl (C=O) groups excluding carboxylic acids is 1. The molecule has 0 fully saturated rings. The lowest BCUT2D eigenvalue weighted by Crippen LogP contribution is -2.21. The van der Waals surface area contributed by atoms with Crippen molar-refractivity contribution in [1.29, 1.82) is 0 Å². The van der Waals surface area contributed by atoms with Crippen molar-refractivity contribution in [3.63, 3.8) is 0 Å². The lowest BCUT2D eigenvalue weighted by atomic mass is 10.3. The molecule has 1 rings (SSSR count). The Bertz CT molecular complexity index is 341. The second-order valence-corrected chi connectivity index (χ2v) is 2.81. The Morgan fingerprint density at radius 1 is 1.50 bits per heavy atom. The van der Waals surface area contributed by atoms with Gasteiger partial charge in [0.15, 0.2) is 0 Å². The molecule has 0 saturated carbocycles. The van der Waals surface area contributed by atoms with E-state index in [2.05, 4.69) is 13.2 Å². The summed E-state index contributed by atoms with van der Waals surface area (Å²) in [5.41, 5.74) is 1.50. The van der Waals surface area contributed by atoms with Crippen LogP contribution < -0.4 is 0 Å². The molecule has 0 aliphatic carbocycles. The molecule has 0 spiro atoms. The predicted octanol–water partition coefficient (Wildman–Crippen LogP) is 2.54. The van der Waals surface area contributed by atoms with Crippen LogP contribution in [0.2, 0.25) is 0 Å². The Balaban J connectivity index is 2.92. The molecule has 0 radical (unpaired) electrons. The summed E-state index contributed by atoms with van der Waals surface area (Å²) in [7, 11) is 0. The summed E-state index contributed by atoms with van der Waals surface area (Å²) in [6.45, 7) is 9.23. The summed E-state index contributed by atoms with van der Waals surface area (Å²) in [6, 6.07) is 0. The lowest BCUT2D eigenvalue weighted by molar-refractivity contribution is -0.121. The summed E-state index contributed by atoms with van der Waals surface area (Å²) in [5, 5.41) is 0. The smallest absolute Gasteiger partial charge is 0.255 e. The van der Waals surface area contributed by atoms with Gasteiger partial charge in [-0.25, -0.2) is 0 Å². The van der Waals surface area contributed by atoms with Gasteiger partial charge < -0.3 is 0 Å². The zero-order chi connectivity index (χ0) is 10.6. The van der Waals surface area contributed by atoms with Gasteiger partial charge in [-0.1, -0.05) is 31.4 Å². The molecule has 72 valence electrons. The summed E-state index contributed by atoms with van der Waals surface area (Å²) in [4.78, 5) is 13.0. The molecule has 1 aliphatic rings. The van der Waals surface area contributed by atoms with Gasteiger partial charge in [0.25, 0.3) is 5.91 Å². The number of amides is 1. The van der Waals surface area contributed by atoms with Crippen LogP contribution in [0.4, 0.5) is 0 Å². The van der Waals surface area contributed by atoms with Crippen molar-refractivity contribution in [2.75, 3.05) is 0 Å². The molecule has 0 bridgehead atoms. The Kier molecular flexibility index (Phi) is 3.24. The highest BCUT2D eigenvalue weighted by Gasteiger charge is 2.20. The first-order chi connectivity index (χ1) is 6.70. The molecule has 0 saturated heterocycles. The SMILES string of the molecule is C=C/C=C\C(=C/C)N1C(=C)C=CC1=O. The molecule has 0 aromatic rings. The van der Waals surface area contributed by atoms with Gasteiger partial charge in [0.2, 0.25) is 0 Å². The van der Waals surface area contributed by atoms with E-state index in [0.717, 1.165) is 5.70 Å². The van der Waals surface area contributed by atoms with Crippen LogP contribution in [0.25, 0.3) is 0 Å². The number of hydrogen-bond donors (Lipinski definition) is 0. The first-order valence-corrected chi connectivity index (χ1v) is 4.37. The van der Waals surface area contributed by atoms with Gasteiger partial charge in [0.1, 0.15) is 0 Å². The second kappa shape index (κ2) is 4.42. The Morgan fingerprint density at radius 3 is 2.64 bits per heavy atom. The van der Waals surface area contributed by atoms with E-state index >= 15 is 0 Å². The Labute approximate surface area is 84.2 Å². The van der Waals surface area contributed by atoms with Gasteiger partial charge in [-0.2, -0.15) is 0 Å². The summed E-state index contributed by atoms with van der Waals surface area (Å²) in [5.74, 6) is -0.0585. The van der Waals surface area contributed by atoms with E-state index in [1.807, 2.05) is 19.1 Å². The monoisotopic (exact) mass is 187 g/mol. The Hall–Kier alpha value is -1.83. The maximum atomic E-state index is 11.4. The third-order valence-electron chi connectivity index (χ3n) is 1.88. The van der Waals surface area contributed by atoms with E-state index in [-0.39, 0.29) is 5.91 Å². The van der Waals surface area contributed by atoms with Crippen molar-refractivity contribution in [2.45, 2.75) is 6.92 Å². The fourth-order valence-electron chi connectivity index (χ4n) is 1.22. The molecule has 2 nitrogen and oxygen atoms in total. The summed E-state index contributed by atoms with van der Waals surface area (Å²) < 4.78 is 0. The lowest BCUT2D eigenvalue weighted by Gasteiger charge is -2.17. The van der Waals surface area contributed by atoms with Crippen molar-refractivity contribution >= 4 is 5.91 Å². The largest absolute Gasteiger partial charge is 0.278 e. The number of rotatable bonds is 3. The fourth-order valence-corrected chi connectivity index (χ4v) is 1.22. The van der Waals surface area contributed by atoms with Crippen molar-refractivity contribution in [2.24, 2.45) is 0 Å².